The second-order valence-electron chi connectivity index (χ2n) is 5.50. The van der Waals surface area contributed by atoms with Crippen LogP contribution >= 0.6 is 11.3 Å². The highest BCUT2D eigenvalue weighted by atomic mass is 32.2. The van der Waals surface area contributed by atoms with Crippen LogP contribution in [0.5, 0.6) is 0 Å². The third kappa shape index (κ3) is 3.79. The van der Waals surface area contributed by atoms with Crippen molar-refractivity contribution < 1.29 is 13.2 Å². The Morgan fingerprint density at radius 1 is 1.43 bits per heavy atom. The molecule has 0 radical (unpaired) electrons. The van der Waals surface area contributed by atoms with E-state index in [0.29, 0.717) is 26.2 Å². The number of ether oxygens (including phenoxy) is 1. The Labute approximate surface area is 140 Å². The predicted molar refractivity (Wildman–Crippen MR) is 87.0 cm³/mol. The molecule has 2 aromatic heterocycles. The van der Waals surface area contributed by atoms with Crippen LogP contribution in [-0.2, 0) is 21.2 Å². The molecule has 0 saturated carbocycles. The van der Waals surface area contributed by atoms with E-state index in [2.05, 4.69) is 10.1 Å². The molecule has 0 aromatic carbocycles. The first kappa shape index (κ1) is 16.6. The second kappa shape index (κ2) is 7.08. The van der Waals surface area contributed by atoms with Gasteiger partial charge in [-0.05, 0) is 12.8 Å². The van der Waals surface area contributed by atoms with Gasteiger partial charge in [0, 0.05) is 51.0 Å². The Balaban J connectivity index is 1.67. The highest BCUT2D eigenvalue weighted by molar-refractivity contribution is 7.89. The van der Waals surface area contributed by atoms with E-state index in [1.54, 1.807) is 24.1 Å². The Morgan fingerprint density at radius 3 is 2.91 bits per heavy atom. The first-order valence-electron chi connectivity index (χ1n) is 7.54. The molecule has 23 heavy (non-hydrogen) atoms. The van der Waals surface area contributed by atoms with Gasteiger partial charge in [-0.2, -0.15) is 5.10 Å². The van der Waals surface area contributed by atoms with E-state index in [1.807, 2.05) is 5.38 Å². The number of nitrogens with zero attached hydrogens (tertiary/aromatic N) is 4. The first-order chi connectivity index (χ1) is 11.1. The smallest absolute Gasteiger partial charge is 0.245 e. The summed E-state index contributed by atoms with van der Waals surface area (Å²) in [5.41, 5.74) is 0. The van der Waals surface area contributed by atoms with Crippen LogP contribution in [-0.4, -0.2) is 54.3 Å². The molecule has 1 aliphatic heterocycles. The maximum absolute atomic E-state index is 12.6. The lowest BCUT2D eigenvalue weighted by Gasteiger charge is -2.22. The molecule has 3 heterocycles. The summed E-state index contributed by atoms with van der Waals surface area (Å²) >= 11 is 1.53. The van der Waals surface area contributed by atoms with Crippen molar-refractivity contribution in [1.82, 2.24) is 19.1 Å². The molecule has 0 N–H and O–H groups in total. The predicted octanol–water partition coefficient (Wildman–Crippen LogP) is 1.55. The van der Waals surface area contributed by atoms with Gasteiger partial charge in [0.2, 0.25) is 10.0 Å². The highest BCUT2D eigenvalue weighted by Gasteiger charge is 2.24. The van der Waals surface area contributed by atoms with Gasteiger partial charge in [-0.25, -0.2) is 17.7 Å². The van der Waals surface area contributed by atoms with Gasteiger partial charge in [0.05, 0.1) is 17.2 Å². The Kier molecular flexibility index (Phi) is 5.10. The summed E-state index contributed by atoms with van der Waals surface area (Å²) in [5, 5.41) is 7.07. The molecule has 1 aliphatic rings. The van der Waals surface area contributed by atoms with Crippen molar-refractivity contribution in [3.05, 3.63) is 29.0 Å². The van der Waals surface area contributed by atoms with E-state index in [4.69, 9.17) is 4.74 Å². The summed E-state index contributed by atoms with van der Waals surface area (Å²) in [6, 6.07) is 0.216. The van der Waals surface area contributed by atoms with E-state index in [1.165, 1.54) is 21.8 Å². The maximum atomic E-state index is 12.6. The molecule has 126 valence electrons. The largest absolute Gasteiger partial charge is 0.381 e. The van der Waals surface area contributed by atoms with Crippen molar-refractivity contribution in [2.45, 2.75) is 30.2 Å². The zero-order chi connectivity index (χ0) is 16.3. The van der Waals surface area contributed by atoms with Crippen LogP contribution in [0.4, 0.5) is 0 Å². The van der Waals surface area contributed by atoms with E-state index < -0.39 is 10.0 Å². The van der Waals surface area contributed by atoms with Crippen LogP contribution in [0.3, 0.4) is 0 Å². The minimum absolute atomic E-state index is 0.216. The van der Waals surface area contributed by atoms with Gasteiger partial charge < -0.3 is 4.74 Å². The van der Waals surface area contributed by atoms with Crippen molar-refractivity contribution >= 4 is 21.4 Å². The van der Waals surface area contributed by atoms with Crippen LogP contribution in [0.1, 0.15) is 23.9 Å². The van der Waals surface area contributed by atoms with Crippen molar-refractivity contribution in [1.29, 1.82) is 0 Å². The average molecular weight is 356 g/mol. The van der Waals surface area contributed by atoms with Crippen molar-refractivity contribution in [3.8, 4) is 0 Å². The Bertz CT molecular complexity index is 721. The molecule has 3 rings (SSSR count). The zero-order valence-corrected chi connectivity index (χ0v) is 14.6. The molecule has 0 atom stereocenters. The molecule has 0 amide bonds. The third-order valence-corrected chi connectivity index (χ3v) is 6.62. The lowest BCUT2D eigenvalue weighted by Crippen LogP contribution is -2.28. The lowest BCUT2D eigenvalue weighted by atomic mass is 10.1. The van der Waals surface area contributed by atoms with Crippen LogP contribution in [0, 0.1) is 0 Å². The molecule has 0 unspecified atom stereocenters. The fourth-order valence-corrected chi connectivity index (χ4v) is 4.26. The van der Waals surface area contributed by atoms with Crippen LogP contribution in [0.25, 0.3) is 0 Å². The normalized spacial score (nSPS) is 17.0. The van der Waals surface area contributed by atoms with E-state index in [0.717, 1.165) is 17.8 Å². The van der Waals surface area contributed by atoms with Crippen molar-refractivity contribution in [2.75, 3.05) is 26.8 Å². The molecule has 1 fully saturated rings. The summed E-state index contributed by atoms with van der Waals surface area (Å²) in [4.78, 5) is 4.42. The standard InChI is InChI=1S/C14H20N4O3S2/c1-17(6-2-14-15-5-9-22-14)23(19,20)13-10-16-18(11-13)12-3-7-21-8-4-12/h5,9-12H,2-4,6-8H2,1H3. The highest BCUT2D eigenvalue weighted by Crippen LogP contribution is 2.22. The number of hydrogen-bond acceptors (Lipinski definition) is 6. The van der Waals surface area contributed by atoms with Crippen LogP contribution in [0.15, 0.2) is 28.9 Å². The number of hydrogen-bond donors (Lipinski definition) is 0. The summed E-state index contributed by atoms with van der Waals surface area (Å²) in [6.45, 7) is 1.79. The first-order valence-corrected chi connectivity index (χ1v) is 9.86. The van der Waals surface area contributed by atoms with Crippen LogP contribution < -0.4 is 0 Å². The molecule has 0 aliphatic carbocycles. The Morgan fingerprint density at radius 2 is 2.22 bits per heavy atom. The molecule has 0 spiro atoms. The maximum Gasteiger partial charge on any atom is 0.245 e. The summed E-state index contributed by atoms with van der Waals surface area (Å²) in [7, 11) is -1.92. The SMILES string of the molecule is CN(CCc1nccs1)S(=O)(=O)c1cnn(C2CCOCC2)c1. The van der Waals surface area contributed by atoms with Gasteiger partial charge >= 0.3 is 0 Å². The Hall–Kier alpha value is -1.29. The van der Waals surface area contributed by atoms with Gasteiger partial charge in [0.25, 0.3) is 0 Å². The van der Waals surface area contributed by atoms with E-state index in [-0.39, 0.29) is 10.9 Å². The number of likely N-dealkylation sites (N-methyl/N-ethyl adjacent to an activating group) is 1. The van der Waals surface area contributed by atoms with E-state index in [9.17, 15) is 8.42 Å². The van der Waals surface area contributed by atoms with Gasteiger partial charge in [-0.1, -0.05) is 0 Å². The second-order valence-corrected chi connectivity index (χ2v) is 8.53. The van der Waals surface area contributed by atoms with Crippen molar-refractivity contribution in [2.24, 2.45) is 0 Å². The molecular formula is C14H20N4O3S2. The van der Waals surface area contributed by atoms with Crippen molar-refractivity contribution in [3.63, 3.8) is 0 Å². The fraction of sp³-hybridized carbons (Fsp3) is 0.571. The minimum atomic E-state index is -3.51. The van der Waals surface area contributed by atoms with Crippen LogP contribution in [0.2, 0.25) is 0 Å². The number of aromatic nitrogens is 3. The summed E-state index contributed by atoms with van der Waals surface area (Å²) in [5.74, 6) is 0. The summed E-state index contributed by atoms with van der Waals surface area (Å²) in [6.07, 6.45) is 7.13. The molecule has 0 bridgehead atoms. The van der Waals surface area contributed by atoms with Gasteiger partial charge in [0.15, 0.2) is 0 Å². The third-order valence-electron chi connectivity index (χ3n) is 3.97. The molecule has 7 nitrogen and oxygen atoms in total. The molecule has 2 aromatic rings. The monoisotopic (exact) mass is 356 g/mol. The number of sulfonamides is 1. The minimum Gasteiger partial charge on any atom is -0.381 e. The zero-order valence-electron chi connectivity index (χ0n) is 13.0. The van der Waals surface area contributed by atoms with E-state index >= 15 is 0 Å². The van der Waals surface area contributed by atoms with Gasteiger partial charge in [-0.15, -0.1) is 11.3 Å². The molecular weight excluding hydrogens is 336 g/mol. The quantitative estimate of drug-likeness (QED) is 0.785. The average Bonchev–Trinajstić information content (AvgIpc) is 3.25. The molecule has 9 heteroatoms. The summed E-state index contributed by atoms with van der Waals surface area (Å²) < 4.78 is 33.7. The lowest BCUT2D eigenvalue weighted by molar-refractivity contribution is 0.0662. The van der Waals surface area contributed by atoms with Gasteiger partial charge in [0.1, 0.15) is 4.90 Å². The number of rotatable bonds is 6. The van der Waals surface area contributed by atoms with Gasteiger partial charge in [-0.3, -0.25) is 4.68 Å². The molecule has 1 saturated heterocycles. The topological polar surface area (TPSA) is 77.3 Å². The fourth-order valence-electron chi connectivity index (χ4n) is 2.53. The number of thiazole rings is 1.